The molecular weight excluding hydrogens is 481 g/mol. The van der Waals surface area contributed by atoms with E-state index in [-0.39, 0.29) is 35.6 Å². The number of nitrogens with zero attached hydrogens (tertiary/aromatic N) is 2. The Balaban J connectivity index is 2.01. The number of carbonyl (C=O) groups excluding carboxylic acids is 1. The van der Waals surface area contributed by atoms with E-state index in [1.807, 2.05) is 19.9 Å². The summed E-state index contributed by atoms with van der Waals surface area (Å²) in [6, 6.07) is 9.39. The Kier molecular flexibility index (Phi) is 7.32. The molecule has 3 rings (SSSR count). The maximum atomic E-state index is 14.4. The lowest BCUT2D eigenvalue weighted by Crippen LogP contribution is -2.54. The molecule has 1 aliphatic carbocycles. The zero-order valence-corrected chi connectivity index (χ0v) is 20.1. The lowest BCUT2D eigenvalue weighted by Gasteiger charge is -2.38. The molecule has 0 heterocycles. The quantitative estimate of drug-likeness (QED) is 0.559. The van der Waals surface area contributed by atoms with Gasteiger partial charge in [-0.15, -0.1) is 0 Å². The van der Waals surface area contributed by atoms with E-state index in [1.54, 1.807) is 0 Å². The van der Waals surface area contributed by atoms with Gasteiger partial charge < -0.3 is 10.6 Å². The summed E-state index contributed by atoms with van der Waals surface area (Å²) in [5, 5.41) is 14.8. The molecule has 35 heavy (non-hydrogen) atoms. The zero-order chi connectivity index (χ0) is 26.2. The molecule has 2 atom stereocenters. The van der Waals surface area contributed by atoms with Crippen molar-refractivity contribution in [2.75, 3.05) is 0 Å². The first kappa shape index (κ1) is 26.7. The van der Waals surface area contributed by atoms with Crippen molar-refractivity contribution >= 4 is 15.9 Å². The van der Waals surface area contributed by atoms with Crippen LogP contribution in [0.25, 0.3) is 11.1 Å². The van der Waals surface area contributed by atoms with Crippen molar-refractivity contribution in [3.8, 4) is 17.2 Å². The SMILES string of the molecule is CC(C)C[C@H](N)C(=O)N([C@@H](c1ccc(-c2ccc(S(N)(=O)=O)cc2)cc1)C(F)(F)F)C1(C#N)CC1. The van der Waals surface area contributed by atoms with Crippen LogP contribution in [0.3, 0.4) is 0 Å². The normalized spacial score (nSPS) is 16.9. The number of carbonyl (C=O) groups is 1. The molecule has 1 aliphatic rings. The summed E-state index contributed by atoms with van der Waals surface area (Å²) in [5.74, 6) is -0.917. The molecule has 0 saturated heterocycles. The molecule has 0 aromatic heterocycles. The number of sulfonamides is 1. The first-order valence-electron chi connectivity index (χ1n) is 11.0. The molecule has 1 saturated carbocycles. The van der Waals surface area contributed by atoms with E-state index in [0.717, 1.165) is 0 Å². The van der Waals surface area contributed by atoms with Crippen LogP contribution < -0.4 is 10.9 Å². The fourth-order valence-electron chi connectivity index (χ4n) is 4.08. The summed E-state index contributed by atoms with van der Waals surface area (Å²) in [7, 11) is -3.88. The Morgan fingerprint density at radius 2 is 1.57 bits per heavy atom. The Labute approximate surface area is 202 Å². The average Bonchev–Trinajstić information content (AvgIpc) is 3.56. The van der Waals surface area contributed by atoms with Crippen LogP contribution in [0, 0.1) is 17.2 Å². The Morgan fingerprint density at radius 3 is 1.94 bits per heavy atom. The Hall–Kier alpha value is -2.94. The number of benzene rings is 2. The molecular formula is C24H27F3N4O3S. The van der Waals surface area contributed by atoms with Crippen LogP contribution in [0.4, 0.5) is 13.2 Å². The molecule has 2 aromatic rings. The number of hydrogen-bond donors (Lipinski definition) is 2. The van der Waals surface area contributed by atoms with Gasteiger partial charge in [-0.05, 0) is 54.0 Å². The third-order valence-corrected chi connectivity index (χ3v) is 6.91. The highest BCUT2D eigenvalue weighted by atomic mass is 32.2. The number of amides is 1. The van der Waals surface area contributed by atoms with Gasteiger partial charge in [-0.25, -0.2) is 13.6 Å². The number of rotatable bonds is 8. The molecule has 0 aliphatic heterocycles. The smallest absolute Gasteiger partial charge is 0.320 e. The van der Waals surface area contributed by atoms with Gasteiger partial charge in [-0.1, -0.05) is 50.2 Å². The van der Waals surface area contributed by atoms with Gasteiger partial charge in [0.2, 0.25) is 15.9 Å². The average molecular weight is 509 g/mol. The maximum absolute atomic E-state index is 14.4. The van der Waals surface area contributed by atoms with E-state index in [4.69, 9.17) is 10.9 Å². The van der Waals surface area contributed by atoms with Crippen LogP contribution in [0.5, 0.6) is 0 Å². The molecule has 4 N–H and O–H groups in total. The fraction of sp³-hybridized carbons (Fsp3) is 0.417. The summed E-state index contributed by atoms with van der Waals surface area (Å²) < 4.78 is 66.1. The monoisotopic (exact) mass is 508 g/mol. The molecule has 0 unspecified atom stereocenters. The second kappa shape index (κ2) is 9.60. The number of nitriles is 1. The summed E-state index contributed by atoms with van der Waals surface area (Å²) in [4.78, 5) is 13.7. The summed E-state index contributed by atoms with van der Waals surface area (Å²) in [5.41, 5.74) is 5.33. The molecule has 1 fully saturated rings. The Morgan fingerprint density at radius 1 is 1.09 bits per heavy atom. The van der Waals surface area contributed by atoms with Gasteiger partial charge in [-0.3, -0.25) is 4.79 Å². The Bertz CT molecular complexity index is 1220. The van der Waals surface area contributed by atoms with Crippen LogP contribution in [0.2, 0.25) is 0 Å². The molecule has 1 amide bonds. The van der Waals surface area contributed by atoms with E-state index in [0.29, 0.717) is 16.0 Å². The van der Waals surface area contributed by atoms with Crippen LogP contribution in [-0.4, -0.2) is 37.0 Å². The van der Waals surface area contributed by atoms with Crippen molar-refractivity contribution in [3.05, 3.63) is 54.1 Å². The molecule has 7 nitrogen and oxygen atoms in total. The van der Waals surface area contributed by atoms with Gasteiger partial charge in [0.15, 0.2) is 6.04 Å². The van der Waals surface area contributed by atoms with Gasteiger partial charge in [0, 0.05) is 0 Å². The first-order chi connectivity index (χ1) is 16.2. The molecule has 0 radical (unpaired) electrons. The predicted octanol–water partition coefficient (Wildman–Crippen LogP) is 3.86. The standard InChI is InChI=1S/C24H27F3N4O3S/c1-15(2)13-20(29)22(32)31(23(14-28)11-12-23)21(24(25,26)27)18-5-3-16(4-6-18)17-7-9-19(10-8-17)35(30,33)34/h3-10,15,20-21H,11-13,29H2,1-2H3,(H2,30,33,34)/t20-,21-/m0/s1. The van der Waals surface area contributed by atoms with Gasteiger partial charge in [0.1, 0.15) is 5.54 Å². The molecule has 0 spiro atoms. The molecule has 0 bridgehead atoms. The number of alkyl halides is 3. The summed E-state index contributed by atoms with van der Waals surface area (Å²) in [6.07, 6.45) is -4.37. The predicted molar refractivity (Wildman–Crippen MR) is 124 cm³/mol. The lowest BCUT2D eigenvalue weighted by molar-refractivity contribution is -0.197. The summed E-state index contributed by atoms with van der Waals surface area (Å²) in [6.45, 7) is 3.62. The highest BCUT2D eigenvalue weighted by Gasteiger charge is 2.60. The lowest BCUT2D eigenvalue weighted by atomic mass is 9.96. The fourth-order valence-corrected chi connectivity index (χ4v) is 4.59. The molecule has 11 heteroatoms. The van der Waals surface area contributed by atoms with Crippen molar-refractivity contribution in [1.29, 1.82) is 5.26 Å². The van der Waals surface area contributed by atoms with Gasteiger partial charge >= 0.3 is 6.18 Å². The van der Waals surface area contributed by atoms with E-state index in [9.17, 15) is 31.6 Å². The van der Waals surface area contributed by atoms with Crippen LogP contribution in [-0.2, 0) is 14.8 Å². The van der Waals surface area contributed by atoms with Gasteiger partial charge in [0.05, 0.1) is 17.0 Å². The van der Waals surface area contributed by atoms with Gasteiger partial charge in [0.25, 0.3) is 0 Å². The number of primary sulfonamides is 1. The van der Waals surface area contributed by atoms with Crippen molar-refractivity contribution in [2.24, 2.45) is 16.8 Å². The van der Waals surface area contributed by atoms with Crippen LogP contribution in [0.15, 0.2) is 53.4 Å². The second-order valence-corrected chi connectivity index (χ2v) is 10.8. The third-order valence-electron chi connectivity index (χ3n) is 5.98. The van der Waals surface area contributed by atoms with Crippen molar-refractivity contribution < 1.29 is 26.4 Å². The highest BCUT2D eigenvalue weighted by molar-refractivity contribution is 7.89. The number of nitrogens with two attached hydrogens (primary N) is 2. The van der Waals surface area contributed by atoms with E-state index < -0.39 is 39.7 Å². The van der Waals surface area contributed by atoms with Crippen molar-refractivity contribution in [3.63, 3.8) is 0 Å². The topological polar surface area (TPSA) is 130 Å². The van der Waals surface area contributed by atoms with E-state index >= 15 is 0 Å². The number of halogens is 3. The maximum Gasteiger partial charge on any atom is 0.413 e. The van der Waals surface area contributed by atoms with Crippen LogP contribution in [0.1, 0.15) is 44.7 Å². The molecule has 2 aromatic carbocycles. The molecule has 188 valence electrons. The minimum Gasteiger partial charge on any atom is -0.320 e. The van der Waals surface area contributed by atoms with E-state index in [2.05, 4.69) is 0 Å². The van der Waals surface area contributed by atoms with Crippen molar-refractivity contribution in [2.45, 2.75) is 61.8 Å². The first-order valence-corrected chi connectivity index (χ1v) is 12.5. The second-order valence-electron chi connectivity index (χ2n) is 9.22. The zero-order valence-electron chi connectivity index (χ0n) is 19.3. The van der Waals surface area contributed by atoms with Gasteiger partial charge in [-0.2, -0.15) is 18.4 Å². The van der Waals surface area contributed by atoms with Crippen LogP contribution >= 0.6 is 0 Å². The third kappa shape index (κ3) is 5.83. The highest BCUT2D eigenvalue weighted by Crippen LogP contribution is 2.50. The minimum absolute atomic E-state index is 0.0164. The number of hydrogen-bond acceptors (Lipinski definition) is 5. The largest absolute Gasteiger partial charge is 0.413 e. The van der Waals surface area contributed by atoms with Crippen molar-refractivity contribution in [1.82, 2.24) is 4.90 Å². The van der Waals surface area contributed by atoms with E-state index in [1.165, 1.54) is 48.5 Å². The minimum atomic E-state index is -4.85. The summed E-state index contributed by atoms with van der Waals surface area (Å²) >= 11 is 0.